The van der Waals surface area contributed by atoms with E-state index in [1.165, 1.54) is 0 Å². The summed E-state index contributed by atoms with van der Waals surface area (Å²) in [5.41, 5.74) is 2.07. The van der Waals surface area contributed by atoms with Crippen LogP contribution in [0.4, 0.5) is 5.69 Å². The van der Waals surface area contributed by atoms with Gasteiger partial charge in [0.2, 0.25) is 0 Å². The number of hydrogen-bond acceptors (Lipinski definition) is 2. The van der Waals surface area contributed by atoms with Gasteiger partial charge in [0, 0.05) is 18.6 Å². The van der Waals surface area contributed by atoms with Crippen molar-refractivity contribution in [3.8, 4) is 5.75 Å². The Kier molecular flexibility index (Phi) is 3.64. The number of rotatable bonds is 3. The molecule has 0 spiro atoms. The van der Waals surface area contributed by atoms with Crippen molar-refractivity contribution in [1.29, 1.82) is 0 Å². The fourth-order valence-electron chi connectivity index (χ4n) is 1.28. The zero-order valence-corrected chi connectivity index (χ0v) is 9.85. The molecule has 3 heteroatoms. The van der Waals surface area contributed by atoms with Crippen LogP contribution in [0.25, 0.3) is 0 Å². The lowest BCUT2D eigenvalue weighted by molar-refractivity contribution is 0.414. The zero-order valence-electron chi connectivity index (χ0n) is 9.10. The molecule has 0 N–H and O–H groups in total. The second kappa shape index (κ2) is 4.56. The first-order valence-electron chi connectivity index (χ1n) is 4.65. The molecule has 0 fully saturated rings. The quantitative estimate of drug-likeness (QED) is 0.765. The molecule has 0 saturated carbocycles. The summed E-state index contributed by atoms with van der Waals surface area (Å²) in [6, 6.07) is 3.91. The first-order chi connectivity index (χ1) is 6.60. The van der Waals surface area contributed by atoms with E-state index in [9.17, 15) is 0 Å². The van der Waals surface area contributed by atoms with E-state index in [0.717, 1.165) is 28.6 Å². The molecule has 0 atom stereocenters. The Morgan fingerprint density at radius 2 is 2.07 bits per heavy atom. The lowest BCUT2D eigenvalue weighted by Crippen LogP contribution is -2.16. The van der Waals surface area contributed by atoms with Gasteiger partial charge in [-0.25, -0.2) is 0 Å². The maximum atomic E-state index is 6.06. The van der Waals surface area contributed by atoms with Gasteiger partial charge in [-0.05, 0) is 31.5 Å². The first kappa shape index (κ1) is 11.2. The van der Waals surface area contributed by atoms with E-state index in [-0.39, 0.29) is 0 Å². The molecule has 1 rings (SSSR count). The molecular weight excluding hydrogens is 198 g/mol. The molecule has 0 unspecified atom stereocenters. The Morgan fingerprint density at radius 1 is 1.43 bits per heavy atom. The first-order valence-corrected chi connectivity index (χ1v) is 5.03. The molecule has 78 valence electrons. The van der Waals surface area contributed by atoms with E-state index in [1.54, 1.807) is 7.11 Å². The van der Waals surface area contributed by atoms with Crippen LogP contribution >= 0.6 is 11.6 Å². The van der Waals surface area contributed by atoms with Gasteiger partial charge < -0.3 is 9.64 Å². The van der Waals surface area contributed by atoms with E-state index in [1.807, 2.05) is 26.1 Å². The highest BCUT2D eigenvalue weighted by atomic mass is 35.5. The molecule has 0 aliphatic rings. The predicted molar refractivity (Wildman–Crippen MR) is 61.7 cm³/mol. The van der Waals surface area contributed by atoms with Gasteiger partial charge in [-0.3, -0.25) is 0 Å². The monoisotopic (exact) mass is 213 g/mol. The molecule has 0 bridgehead atoms. The average Bonchev–Trinajstić information content (AvgIpc) is 2.20. The van der Waals surface area contributed by atoms with Crippen molar-refractivity contribution in [1.82, 2.24) is 0 Å². The summed E-state index contributed by atoms with van der Waals surface area (Å²) in [7, 11) is 3.69. The largest absolute Gasteiger partial charge is 0.495 e. The molecule has 0 aromatic heterocycles. The highest BCUT2D eigenvalue weighted by molar-refractivity contribution is 6.31. The van der Waals surface area contributed by atoms with Crippen molar-refractivity contribution in [2.45, 2.75) is 13.8 Å². The molecule has 0 aliphatic heterocycles. The molecule has 0 saturated heterocycles. The molecule has 1 aromatic rings. The maximum Gasteiger partial charge on any atom is 0.142 e. The van der Waals surface area contributed by atoms with Crippen molar-refractivity contribution in [2.24, 2.45) is 0 Å². The number of aryl methyl sites for hydroxylation is 1. The van der Waals surface area contributed by atoms with Crippen LogP contribution in [0.5, 0.6) is 5.75 Å². The summed E-state index contributed by atoms with van der Waals surface area (Å²) in [5.74, 6) is 0.872. The number of hydrogen-bond donors (Lipinski definition) is 0. The second-order valence-electron chi connectivity index (χ2n) is 3.29. The van der Waals surface area contributed by atoms with Gasteiger partial charge in [0.25, 0.3) is 0 Å². The molecule has 1 aromatic carbocycles. The van der Waals surface area contributed by atoms with Crippen LogP contribution in [-0.2, 0) is 0 Å². The second-order valence-corrected chi connectivity index (χ2v) is 3.69. The van der Waals surface area contributed by atoms with Crippen LogP contribution in [0.15, 0.2) is 12.1 Å². The van der Waals surface area contributed by atoms with Crippen molar-refractivity contribution in [3.63, 3.8) is 0 Å². The fourth-order valence-corrected chi connectivity index (χ4v) is 1.43. The summed E-state index contributed by atoms with van der Waals surface area (Å²) in [6.45, 7) is 4.99. The number of anilines is 1. The Hall–Kier alpha value is -0.890. The smallest absolute Gasteiger partial charge is 0.142 e. The third-order valence-electron chi connectivity index (χ3n) is 2.35. The lowest BCUT2D eigenvalue weighted by Gasteiger charge is -2.20. The highest BCUT2D eigenvalue weighted by Crippen LogP contribution is 2.32. The van der Waals surface area contributed by atoms with Crippen molar-refractivity contribution < 1.29 is 4.74 Å². The normalized spacial score (nSPS) is 10.1. The Bertz CT molecular complexity index is 325. The van der Waals surface area contributed by atoms with Gasteiger partial charge in [-0.2, -0.15) is 0 Å². The third-order valence-corrected chi connectivity index (χ3v) is 2.75. The number of ether oxygens (including phenoxy) is 1. The Balaban J connectivity index is 3.19. The van der Waals surface area contributed by atoms with Crippen molar-refractivity contribution in [3.05, 3.63) is 22.7 Å². The minimum absolute atomic E-state index is 0.779. The molecule has 0 amide bonds. The molecule has 2 nitrogen and oxygen atoms in total. The van der Waals surface area contributed by atoms with E-state index in [2.05, 4.69) is 11.8 Å². The number of halogens is 1. The SMILES string of the molecule is CCN(C)c1cc(Cl)c(C)cc1OC. The summed E-state index contributed by atoms with van der Waals surface area (Å²) >= 11 is 6.06. The van der Waals surface area contributed by atoms with E-state index >= 15 is 0 Å². The van der Waals surface area contributed by atoms with E-state index in [4.69, 9.17) is 16.3 Å². The molecular formula is C11H16ClNO. The minimum atomic E-state index is 0.779. The van der Waals surface area contributed by atoms with Crippen LogP contribution in [0.2, 0.25) is 5.02 Å². The fraction of sp³-hybridized carbons (Fsp3) is 0.455. The molecule has 14 heavy (non-hydrogen) atoms. The predicted octanol–water partition coefficient (Wildman–Crippen LogP) is 3.11. The summed E-state index contributed by atoms with van der Waals surface area (Å²) in [6.07, 6.45) is 0. The zero-order chi connectivity index (χ0) is 10.7. The number of benzene rings is 1. The van der Waals surface area contributed by atoms with Gasteiger partial charge in [0.1, 0.15) is 5.75 Å². The van der Waals surface area contributed by atoms with Crippen LogP contribution in [0.1, 0.15) is 12.5 Å². The molecule has 0 aliphatic carbocycles. The average molecular weight is 214 g/mol. The number of methoxy groups -OCH3 is 1. The van der Waals surface area contributed by atoms with Gasteiger partial charge in [0.05, 0.1) is 12.8 Å². The van der Waals surface area contributed by atoms with Crippen LogP contribution in [0.3, 0.4) is 0 Å². The van der Waals surface area contributed by atoms with Crippen LogP contribution in [-0.4, -0.2) is 20.7 Å². The third kappa shape index (κ3) is 2.13. The maximum absolute atomic E-state index is 6.06. The van der Waals surface area contributed by atoms with Crippen molar-refractivity contribution >= 4 is 17.3 Å². The topological polar surface area (TPSA) is 12.5 Å². The minimum Gasteiger partial charge on any atom is -0.495 e. The van der Waals surface area contributed by atoms with Gasteiger partial charge in [-0.15, -0.1) is 0 Å². The number of nitrogens with zero attached hydrogens (tertiary/aromatic N) is 1. The van der Waals surface area contributed by atoms with E-state index in [0.29, 0.717) is 0 Å². The Labute approximate surface area is 90.4 Å². The van der Waals surface area contributed by atoms with Gasteiger partial charge in [0.15, 0.2) is 0 Å². The van der Waals surface area contributed by atoms with E-state index < -0.39 is 0 Å². The summed E-state index contributed by atoms with van der Waals surface area (Å²) in [5, 5.41) is 0.779. The van der Waals surface area contributed by atoms with Crippen LogP contribution < -0.4 is 9.64 Å². The summed E-state index contributed by atoms with van der Waals surface area (Å²) in [4.78, 5) is 2.10. The van der Waals surface area contributed by atoms with Crippen molar-refractivity contribution in [2.75, 3.05) is 25.6 Å². The highest BCUT2D eigenvalue weighted by Gasteiger charge is 2.09. The lowest BCUT2D eigenvalue weighted by atomic mass is 10.2. The molecule has 0 heterocycles. The Morgan fingerprint density at radius 3 is 2.57 bits per heavy atom. The summed E-state index contributed by atoms with van der Waals surface area (Å²) < 4.78 is 5.30. The van der Waals surface area contributed by atoms with Crippen LogP contribution in [0, 0.1) is 6.92 Å². The van der Waals surface area contributed by atoms with Gasteiger partial charge in [-0.1, -0.05) is 11.6 Å². The molecule has 0 radical (unpaired) electrons. The standard InChI is InChI=1S/C11H16ClNO/c1-5-13(3)10-7-9(12)8(2)6-11(10)14-4/h6-7H,5H2,1-4H3. The van der Waals surface area contributed by atoms with Gasteiger partial charge >= 0.3 is 0 Å².